The van der Waals surface area contributed by atoms with Crippen LogP contribution in [0.2, 0.25) is 0 Å². The lowest BCUT2D eigenvalue weighted by Gasteiger charge is -2.49. The van der Waals surface area contributed by atoms with E-state index in [2.05, 4.69) is 11.9 Å². The van der Waals surface area contributed by atoms with Gasteiger partial charge in [-0.1, -0.05) is 13.0 Å². The van der Waals surface area contributed by atoms with Crippen LogP contribution in [0.4, 0.5) is 0 Å². The summed E-state index contributed by atoms with van der Waals surface area (Å²) in [5, 5.41) is 10.3. The zero-order valence-electron chi connectivity index (χ0n) is 9.06. The standard InChI is InChI=1S/C12H18N2O/c1-9-5-12(6-9,8-13)11(15)10-3-2-4-14-7-10/h2-4,7,9,11,15H,5-6,8,13H2,1H3. The monoisotopic (exact) mass is 206 g/mol. The predicted octanol–water partition coefficient (Wildman–Crippen LogP) is 1.49. The van der Waals surface area contributed by atoms with Crippen molar-refractivity contribution in [2.24, 2.45) is 17.1 Å². The molecule has 0 bridgehead atoms. The number of aliphatic hydroxyl groups excluding tert-OH is 1. The van der Waals surface area contributed by atoms with Crippen molar-refractivity contribution in [3.8, 4) is 0 Å². The molecule has 0 saturated heterocycles. The van der Waals surface area contributed by atoms with E-state index in [9.17, 15) is 5.11 Å². The quantitative estimate of drug-likeness (QED) is 0.787. The Morgan fingerprint density at radius 2 is 2.40 bits per heavy atom. The summed E-state index contributed by atoms with van der Waals surface area (Å²) in [6, 6.07) is 3.77. The van der Waals surface area contributed by atoms with Crippen LogP contribution in [0, 0.1) is 11.3 Å². The van der Waals surface area contributed by atoms with Crippen molar-refractivity contribution in [1.82, 2.24) is 4.98 Å². The van der Waals surface area contributed by atoms with E-state index >= 15 is 0 Å². The Bertz CT molecular complexity index is 320. The van der Waals surface area contributed by atoms with Crippen molar-refractivity contribution in [3.63, 3.8) is 0 Å². The molecule has 3 heteroatoms. The van der Waals surface area contributed by atoms with Gasteiger partial charge in [0.1, 0.15) is 0 Å². The van der Waals surface area contributed by atoms with Gasteiger partial charge in [-0.05, 0) is 30.4 Å². The molecule has 1 aromatic rings. The molecule has 1 heterocycles. The number of nitrogens with two attached hydrogens (primary N) is 1. The maximum Gasteiger partial charge on any atom is 0.0873 e. The Hall–Kier alpha value is -0.930. The molecule has 2 rings (SSSR count). The topological polar surface area (TPSA) is 59.1 Å². The van der Waals surface area contributed by atoms with E-state index in [-0.39, 0.29) is 5.41 Å². The van der Waals surface area contributed by atoms with Gasteiger partial charge in [0.2, 0.25) is 0 Å². The number of aromatic nitrogens is 1. The maximum atomic E-state index is 10.3. The van der Waals surface area contributed by atoms with Gasteiger partial charge in [-0.3, -0.25) is 4.98 Å². The molecular formula is C12H18N2O. The van der Waals surface area contributed by atoms with E-state index in [1.807, 2.05) is 12.1 Å². The summed E-state index contributed by atoms with van der Waals surface area (Å²) in [6.45, 7) is 2.75. The lowest BCUT2D eigenvalue weighted by Crippen LogP contribution is -2.46. The van der Waals surface area contributed by atoms with Gasteiger partial charge in [0.15, 0.2) is 0 Å². The van der Waals surface area contributed by atoms with Gasteiger partial charge < -0.3 is 10.8 Å². The first-order valence-electron chi connectivity index (χ1n) is 5.46. The SMILES string of the molecule is CC1CC(CN)(C(O)c2cccnc2)C1. The third kappa shape index (κ3) is 1.77. The number of hydrogen-bond acceptors (Lipinski definition) is 3. The molecule has 1 unspecified atom stereocenters. The van der Waals surface area contributed by atoms with Gasteiger partial charge in [-0.2, -0.15) is 0 Å². The molecule has 15 heavy (non-hydrogen) atoms. The molecule has 0 aromatic carbocycles. The van der Waals surface area contributed by atoms with Crippen LogP contribution in [0.25, 0.3) is 0 Å². The summed E-state index contributed by atoms with van der Waals surface area (Å²) in [5.74, 6) is 0.680. The second-order valence-corrected chi connectivity index (χ2v) is 4.77. The average molecular weight is 206 g/mol. The summed E-state index contributed by atoms with van der Waals surface area (Å²) < 4.78 is 0. The van der Waals surface area contributed by atoms with Crippen LogP contribution in [0.5, 0.6) is 0 Å². The molecule has 1 aromatic heterocycles. The largest absolute Gasteiger partial charge is 0.388 e. The summed E-state index contributed by atoms with van der Waals surface area (Å²) in [6.07, 6.45) is 5.01. The fraction of sp³-hybridized carbons (Fsp3) is 0.583. The first kappa shape index (κ1) is 10.6. The minimum atomic E-state index is -0.465. The van der Waals surface area contributed by atoms with Crippen LogP contribution >= 0.6 is 0 Å². The minimum absolute atomic E-state index is 0.109. The Labute approximate surface area is 90.3 Å². The van der Waals surface area contributed by atoms with E-state index in [1.165, 1.54) is 0 Å². The lowest BCUT2D eigenvalue weighted by molar-refractivity contribution is -0.0603. The number of rotatable bonds is 3. The number of aliphatic hydroxyl groups is 1. The van der Waals surface area contributed by atoms with Gasteiger partial charge >= 0.3 is 0 Å². The molecule has 1 atom stereocenters. The first-order valence-corrected chi connectivity index (χ1v) is 5.46. The van der Waals surface area contributed by atoms with Crippen LogP contribution in [0.3, 0.4) is 0 Å². The van der Waals surface area contributed by atoms with Crippen LogP contribution < -0.4 is 5.73 Å². The summed E-state index contributed by atoms with van der Waals surface area (Å²) in [7, 11) is 0. The van der Waals surface area contributed by atoms with Gasteiger partial charge in [-0.15, -0.1) is 0 Å². The highest BCUT2D eigenvalue weighted by Crippen LogP contribution is 2.52. The van der Waals surface area contributed by atoms with E-state index in [4.69, 9.17) is 5.73 Å². The van der Waals surface area contributed by atoms with E-state index < -0.39 is 6.10 Å². The third-order valence-electron chi connectivity index (χ3n) is 3.50. The highest BCUT2D eigenvalue weighted by Gasteiger charge is 2.46. The van der Waals surface area contributed by atoms with E-state index in [1.54, 1.807) is 12.4 Å². The molecule has 1 fully saturated rings. The molecule has 1 aliphatic rings. The Kier molecular flexibility index (Phi) is 2.76. The normalized spacial score (nSPS) is 32.1. The molecule has 1 aliphatic carbocycles. The van der Waals surface area contributed by atoms with Crippen LogP contribution in [-0.4, -0.2) is 16.6 Å². The fourth-order valence-corrected chi connectivity index (χ4v) is 2.72. The lowest BCUT2D eigenvalue weighted by atomic mass is 9.58. The minimum Gasteiger partial charge on any atom is -0.388 e. The molecule has 0 aliphatic heterocycles. The Morgan fingerprint density at radius 3 is 2.87 bits per heavy atom. The smallest absolute Gasteiger partial charge is 0.0873 e. The second kappa shape index (κ2) is 3.91. The molecule has 3 nitrogen and oxygen atoms in total. The second-order valence-electron chi connectivity index (χ2n) is 4.77. The zero-order chi connectivity index (χ0) is 10.9. The van der Waals surface area contributed by atoms with Crippen LogP contribution in [0.15, 0.2) is 24.5 Å². The van der Waals surface area contributed by atoms with Crippen molar-refractivity contribution >= 4 is 0 Å². The molecule has 0 radical (unpaired) electrons. The Morgan fingerprint density at radius 1 is 1.67 bits per heavy atom. The summed E-state index contributed by atoms with van der Waals surface area (Å²) in [4.78, 5) is 4.03. The molecule has 1 saturated carbocycles. The summed E-state index contributed by atoms with van der Waals surface area (Å²) >= 11 is 0. The van der Waals surface area contributed by atoms with Gasteiger partial charge in [0.25, 0.3) is 0 Å². The van der Waals surface area contributed by atoms with Crippen molar-refractivity contribution in [2.75, 3.05) is 6.54 Å². The van der Waals surface area contributed by atoms with Crippen molar-refractivity contribution < 1.29 is 5.11 Å². The van der Waals surface area contributed by atoms with Crippen molar-refractivity contribution in [1.29, 1.82) is 0 Å². The zero-order valence-corrected chi connectivity index (χ0v) is 9.06. The van der Waals surface area contributed by atoms with E-state index in [0.717, 1.165) is 18.4 Å². The van der Waals surface area contributed by atoms with Gasteiger partial charge in [0, 0.05) is 24.4 Å². The average Bonchev–Trinajstić information content (AvgIpc) is 2.25. The number of hydrogen-bond donors (Lipinski definition) is 2. The third-order valence-corrected chi connectivity index (χ3v) is 3.50. The molecule has 82 valence electrons. The number of pyridine rings is 1. The van der Waals surface area contributed by atoms with Crippen LogP contribution in [-0.2, 0) is 0 Å². The highest BCUT2D eigenvalue weighted by molar-refractivity contribution is 5.17. The molecule has 0 spiro atoms. The van der Waals surface area contributed by atoms with Crippen molar-refractivity contribution in [2.45, 2.75) is 25.9 Å². The predicted molar refractivity (Wildman–Crippen MR) is 59.1 cm³/mol. The van der Waals surface area contributed by atoms with E-state index in [0.29, 0.717) is 12.5 Å². The number of nitrogens with zero attached hydrogens (tertiary/aromatic N) is 1. The fourth-order valence-electron chi connectivity index (χ4n) is 2.72. The van der Waals surface area contributed by atoms with Crippen LogP contribution in [0.1, 0.15) is 31.4 Å². The van der Waals surface area contributed by atoms with Gasteiger partial charge in [-0.25, -0.2) is 0 Å². The molecular weight excluding hydrogens is 188 g/mol. The summed E-state index contributed by atoms with van der Waals surface area (Å²) in [5.41, 5.74) is 6.56. The Balaban J connectivity index is 2.17. The maximum absolute atomic E-state index is 10.3. The molecule has 0 amide bonds. The van der Waals surface area contributed by atoms with Gasteiger partial charge in [0.05, 0.1) is 6.10 Å². The molecule has 3 N–H and O–H groups in total. The van der Waals surface area contributed by atoms with Crippen molar-refractivity contribution in [3.05, 3.63) is 30.1 Å². The highest BCUT2D eigenvalue weighted by atomic mass is 16.3. The first-order chi connectivity index (χ1) is 7.18.